The minimum absolute atomic E-state index is 0.191. The van der Waals surface area contributed by atoms with Gasteiger partial charge in [0.05, 0.1) is 6.61 Å². The van der Waals surface area contributed by atoms with Crippen LogP contribution in [0.5, 0.6) is 0 Å². The van der Waals surface area contributed by atoms with Gasteiger partial charge in [-0.05, 0) is 24.6 Å². The van der Waals surface area contributed by atoms with Gasteiger partial charge >= 0.3 is 0 Å². The Morgan fingerprint density at radius 1 is 1.44 bits per heavy atom. The molecule has 0 amide bonds. The van der Waals surface area contributed by atoms with E-state index in [2.05, 4.69) is 12.2 Å². The van der Waals surface area contributed by atoms with Crippen LogP contribution in [0.4, 0.5) is 15.8 Å². The van der Waals surface area contributed by atoms with Crippen molar-refractivity contribution in [3.8, 4) is 0 Å². The normalized spacial score (nSPS) is 12.4. The third-order valence-corrected chi connectivity index (χ3v) is 2.30. The first kappa shape index (κ1) is 12.8. The quantitative estimate of drug-likeness (QED) is 0.733. The molecule has 1 aromatic rings. The van der Waals surface area contributed by atoms with Gasteiger partial charge in [0.15, 0.2) is 0 Å². The third-order valence-electron chi connectivity index (χ3n) is 2.30. The highest BCUT2D eigenvalue weighted by Crippen LogP contribution is 2.17. The van der Waals surface area contributed by atoms with Crippen LogP contribution in [0.3, 0.4) is 0 Å². The van der Waals surface area contributed by atoms with Gasteiger partial charge in [0.1, 0.15) is 5.82 Å². The van der Waals surface area contributed by atoms with E-state index in [-0.39, 0.29) is 11.9 Å². The SMILES string of the molecule is CCCC(COC)Nc1cc(N)cc(F)c1. The van der Waals surface area contributed by atoms with E-state index in [1.165, 1.54) is 12.1 Å². The fourth-order valence-corrected chi connectivity index (χ4v) is 1.68. The Kier molecular flexibility index (Phi) is 5.05. The molecule has 4 heteroatoms. The van der Waals surface area contributed by atoms with Gasteiger partial charge in [-0.3, -0.25) is 0 Å². The van der Waals surface area contributed by atoms with Crippen molar-refractivity contribution in [3.05, 3.63) is 24.0 Å². The van der Waals surface area contributed by atoms with Crippen LogP contribution >= 0.6 is 0 Å². The van der Waals surface area contributed by atoms with Crippen molar-refractivity contribution in [1.82, 2.24) is 0 Å². The second-order valence-corrected chi connectivity index (χ2v) is 3.86. The summed E-state index contributed by atoms with van der Waals surface area (Å²) in [7, 11) is 1.66. The monoisotopic (exact) mass is 226 g/mol. The van der Waals surface area contributed by atoms with Gasteiger partial charge in [0.2, 0.25) is 0 Å². The average molecular weight is 226 g/mol. The standard InChI is InChI=1S/C12H19FN2O/c1-3-4-11(8-16-2)15-12-6-9(13)5-10(14)7-12/h5-7,11,15H,3-4,8,14H2,1-2H3. The Hall–Kier alpha value is -1.29. The van der Waals surface area contributed by atoms with Gasteiger partial charge in [-0.2, -0.15) is 0 Å². The minimum Gasteiger partial charge on any atom is -0.399 e. The number of nitrogens with two attached hydrogens (primary N) is 1. The van der Waals surface area contributed by atoms with Crippen molar-refractivity contribution in [3.63, 3.8) is 0 Å². The average Bonchev–Trinajstić information content (AvgIpc) is 2.16. The number of rotatable bonds is 6. The number of benzene rings is 1. The summed E-state index contributed by atoms with van der Waals surface area (Å²) < 4.78 is 18.2. The zero-order valence-electron chi connectivity index (χ0n) is 9.79. The Labute approximate surface area is 95.8 Å². The lowest BCUT2D eigenvalue weighted by Gasteiger charge is -2.18. The van der Waals surface area contributed by atoms with Crippen LogP contribution < -0.4 is 11.1 Å². The number of nitrogen functional groups attached to an aromatic ring is 1. The summed E-state index contributed by atoms with van der Waals surface area (Å²) >= 11 is 0. The van der Waals surface area contributed by atoms with E-state index >= 15 is 0 Å². The van der Waals surface area contributed by atoms with Crippen molar-refractivity contribution < 1.29 is 9.13 Å². The van der Waals surface area contributed by atoms with Crippen LogP contribution in [0, 0.1) is 5.82 Å². The lowest BCUT2D eigenvalue weighted by Crippen LogP contribution is -2.24. The first-order valence-corrected chi connectivity index (χ1v) is 5.47. The van der Waals surface area contributed by atoms with Crippen molar-refractivity contribution in [2.75, 3.05) is 24.8 Å². The zero-order chi connectivity index (χ0) is 12.0. The molecule has 0 bridgehead atoms. The molecule has 0 aliphatic carbocycles. The molecule has 1 atom stereocenters. The molecule has 0 aromatic heterocycles. The fourth-order valence-electron chi connectivity index (χ4n) is 1.68. The van der Waals surface area contributed by atoms with Crippen molar-refractivity contribution in [1.29, 1.82) is 0 Å². The molecule has 1 rings (SSSR count). The van der Waals surface area contributed by atoms with Crippen LogP contribution in [-0.2, 0) is 4.74 Å². The topological polar surface area (TPSA) is 47.3 Å². The summed E-state index contributed by atoms with van der Waals surface area (Å²) in [6, 6.07) is 4.66. The predicted octanol–water partition coefficient (Wildman–Crippen LogP) is 2.63. The maximum Gasteiger partial charge on any atom is 0.127 e. The van der Waals surface area contributed by atoms with Crippen LogP contribution in [0.2, 0.25) is 0 Å². The highest BCUT2D eigenvalue weighted by molar-refractivity contribution is 5.55. The smallest absolute Gasteiger partial charge is 0.127 e. The maximum absolute atomic E-state index is 13.1. The molecule has 1 unspecified atom stereocenters. The molecule has 0 saturated heterocycles. The molecule has 90 valence electrons. The van der Waals surface area contributed by atoms with Gasteiger partial charge in [-0.1, -0.05) is 13.3 Å². The summed E-state index contributed by atoms with van der Waals surface area (Å²) in [5.41, 5.74) is 6.70. The molecule has 0 aliphatic heterocycles. The molecule has 16 heavy (non-hydrogen) atoms. The molecular weight excluding hydrogens is 207 g/mol. The minimum atomic E-state index is -0.324. The predicted molar refractivity (Wildman–Crippen MR) is 65.0 cm³/mol. The molecule has 3 N–H and O–H groups in total. The second kappa shape index (κ2) is 6.33. The summed E-state index contributed by atoms with van der Waals surface area (Å²) in [5.74, 6) is -0.324. The Bertz CT molecular complexity index is 305. The van der Waals surface area contributed by atoms with Gasteiger partial charge in [0.25, 0.3) is 0 Å². The van der Waals surface area contributed by atoms with Crippen molar-refractivity contribution >= 4 is 11.4 Å². The van der Waals surface area contributed by atoms with E-state index in [0.29, 0.717) is 18.0 Å². The van der Waals surface area contributed by atoms with E-state index in [9.17, 15) is 4.39 Å². The first-order valence-electron chi connectivity index (χ1n) is 5.47. The van der Waals surface area contributed by atoms with Gasteiger partial charge in [-0.25, -0.2) is 4.39 Å². The van der Waals surface area contributed by atoms with E-state index in [1.807, 2.05) is 0 Å². The van der Waals surface area contributed by atoms with Crippen LogP contribution in [0.15, 0.2) is 18.2 Å². The van der Waals surface area contributed by atoms with E-state index in [1.54, 1.807) is 13.2 Å². The number of hydrogen-bond acceptors (Lipinski definition) is 3. The molecule has 0 spiro atoms. The number of hydrogen-bond donors (Lipinski definition) is 2. The highest BCUT2D eigenvalue weighted by Gasteiger charge is 2.08. The summed E-state index contributed by atoms with van der Waals surface area (Å²) in [6.07, 6.45) is 2.02. The molecule has 1 aromatic carbocycles. The highest BCUT2D eigenvalue weighted by atomic mass is 19.1. The van der Waals surface area contributed by atoms with Crippen LogP contribution in [-0.4, -0.2) is 19.8 Å². The summed E-state index contributed by atoms with van der Waals surface area (Å²) in [4.78, 5) is 0. The molecular formula is C12H19FN2O. The van der Waals surface area contributed by atoms with E-state index < -0.39 is 0 Å². The van der Waals surface area contributed by atoms with Crippen LogP contribution in [0.25, 0.3) is 0 Å². The van der Waals surface area contributed by atoms with Crippen LogP contribution in [0.1, 0.15) is 19.8 Å². The number of methoxy groups -OCH3 is 1. The van der Waals surface area contributed by atoms with Gasteiger partial charge < -0.3 is 15.8 Å². The van der Waals surface area contributed by atoms with Crippen molar-refractivity contribution in [2.45, 2.75) is 25.8 Å². The first-order chi connectivity index (χ1) is 7.65. The number of ether oxygens (including phenoxy) is 1. The third kappa shape index (κ3) is 4.06. The van der Waals surface area contributed by atoms with E-state index in [4.69, 9.17) is 10.5 Å². The van der Waals surface area contributed by atoms with Gasteiger partial charge in [-0.15, -0.1) is 0 Å². The molecule has 0 saturated carbocycles. The van der Waals surface area contributed by atoms with E-state index in [0.717, 1.165) is 12.8 Å². The molecule has 0 fully saturated rings. The summed E-state index contributed by atoms with van der Waals surface area (Å²) in [6.45, 7) is 2.70. The fraction of sp³-hybridized carbons (Fsp3) is 0.500. The molecule has 0 heterocycles. The number of anilines is 2. The Balaban J connectivity index is 2.68. The number of nitrogens with one attached hydrogen (secondary N) is 1. The lowest BCUT2D eigenvalue weighted by molar-refractivity contribution is 0.182. The Morgan fingerprint density at radius 2 is 2.19 bits per heavy atom. The maximum atomic E-state index is 13.1. The largest absolute Gasteiger partial charge is 0.399 e. The second-order valence-electron chi connectivity index (χ2n) is 3.86. The van der Waals surface area contributed by atoms with Gasteiger partial charge in [0, 0.05) is 24.5 Å². The zero-order valence-corrected chi connectivity index (χ0v) is 9.79. The summed E-state index contributed by atoms with van der Waals surface area (Å²) in [5, 5.41) is 3.22. The molecule has 3 nitrogen and oxygen atoms in total. The molecule has 0 aliphatic rings. The molecule has 0 radical (unpaired) electrons. The number of halogens is 1. The Morgan fingerprint density at radius 3 is 2.75 bits per heavy atom. The van der Waals surface area contributed by atoms with Crippen molar-refractivity contribution in [2.24, 2.45) is 0 Å². The lowest BCUT2D eigenvalue weighted by atomic mass is 10.1.